The molecule has 0 aliphatic carbocycles. The highest BCUT2D eigenvalue weighted by atomic mass is 16.6. The van der Waals surface area contributed by atoms with Crippen LogP contribution in [0.2, 0.25) is 0 Å². The van der Waals surface area contributed by atoms with Gasteiger partial charge >= 0.3 is 0 Å². The van der Waals surface area contributed by atoms with Crippen LogP contribution in [0.4, 0.5) is 5.69 Å². The Bertz CT molecular complexity index is 629. The average Bonchev–Trinajstić information content (AvgIpc) is 2.66. The molecule has 3 rings (SSSR count). The summed E-state index contributed by atoms with van der Waals surface area (Å²) in [6.07, 6.45) is 2.98. The second kappa shape index (κ2) is 8.20. The minimum atomic E-state index is -0.220. The Morgan fingerprint density at radius 1 is 1.24 bits per heavy atom. The number of benzene rings is 1. The molecule has 2 aliphatic rings. The fourth-order valence-electron chi connectivity index (χ4n) is 3.12. The zero-order valence-electron chi connectivity index (χ0n) is 14.5. The predicted molar refractivity (Wildman–Crippen MR) is 94.0 cm³/mol. The molecule has 7 heteroatoms. The quantitative estimate of drug-likeness (QED) is 0.841. The first-order valence-electron chi connectivity index (χ1n) is 8.89. The van der Waals surface area contributed by atoms with Crippen molar-refractivity contribution in [3.63, 3.8) is 0 Å². The Balaban J connectivity index is 1.57. The number of hydrogen-bond donors (Lipinski definition) is 2. The SMILES string of the molecule is CCN(CC(=O)Nc1ccc2c(c1)OCCO2)C(=O)C1CCCCN1. The van der Waals surface area contributed by atoms with Gasteiger partial charge in [0, 0.05) is 18.3 Å². The molecule has 0 radical (unpaired) electrons. The van der Waals surface area contributed by atoms with Crippen molar-refractivity contribution in [3.8, 4) is 11.5 Å². The van der Waals surface area contributed by atoms with Crippen LogP contribution in [0.3, 0.4) is 0 Å². The van der Waals surface area contributed by atoms with E-state index in [1.165, 1.54) is 0 Å². The van der Waals surface area contributed by atoms with Crippen LogP contribution in [0.1, 0.15) is 26.2 Å². The van der Waals surface area contributed by atoms with Crippen LogP contribution >= 0.6 is 0 Å². The number of ether oxygens (including phenoxy) is 2. The molecule has 1 unspecified atom stereocenters. The van der Waals surface area contributed by atoms with Gasteiger partial charge in [-0.15, -0.1) is 0 Å². The molecule has 1 atom stereocenters. The third-order valence-corrected chi connectivity index (χ3v) is 4.46. The Labute approximate surface area is 147 Å². The van der Waals surface area contributed by atoms with Crippen LogP contribution in [0.15, 0.2) is 18.2 Å². The zero-order valence-corrected chi connectivity index (χ0v) is 14.5. The Morgan fingerprint density at radius 3 is 2.76 bits per heavy atom. The van der Waals surface area contributed by atoms with E-state index in [0.29, 0.717) is 36.9 Å². The lowest BCUT2D eigenvalue weighted by Gasteiger charge is -2.29. The third-order valence-electron chi connectivity index (χ3n) is 4.46. The molecule has 2 heterocycles. The molecule has 1 fully saturated rings. The summed E-state index contributed by atoms with van der Waals surface area (Å²) in [7, 11) is 0. The number of carbonyl (C=O) groups is 2. The highest BCUT2D eigenvalue weighted by molar-refractivity contribution is 5.95. The van der Waals surface area contributed by atoms with E-state index in [1.54, 1.807) is 23.1 Å². The number of carbonyl (C=O) groups excluding carboxylic acids is 2. The van der Waals surface area contributed by atoms with E-state index in [0.717, 1.165) is 25.8 Å². The van der Waals surface area contributed by atoms with Gasteiger partial charge in [0.1, 0.15) is 13.2 Å². The molecule has 1 aromatic rings. The van der Waals surface area contributed by atoms with Crippen molar-refractivity contribution in [2.75, 3.05) is 38.2 Å². The van der Waals surface area contributed by atoms with E-state index < -0.39 is 0 Å². The van der Waals surface area contributed by atoms with Gasteiger partial charge in [-0.05, 0) is 38.4 Å². The van der Waals surface area contributed by atoms with Gasteiger partial charge in [0.2, 0.25) is 11.8 Å². The number of anilines is 1. The van der Waals surface area contributed by atoms with Crippen LogP contribution in [0.25, 0.3) is 0 Å². The predicted octanol–water partition coefficient (Wildman–Crippen LogP) is 1.39. The second-order valence-electron chi connectivity index (χ2n) is 6.26. The molecule has 136 valence electrons. The topological polar surface area (TPSA) is 79.9 Å². The van der Waals surface area contributed by atoms with Gasteiger partial charge in [-0.3, -0.25) is 9.59 Å². The molecule has 0 saturated carbocycles. The minimum absolute atomic E-state index is 0.000440. The minimum Gasteiger partial charge on any atom is -0.486 e. The number of amides is 2. The lowest BCUT2D eigenvalue weighted by molar-refractivity contribution is -0.136. The van der Waals surface area contributed by atoms with Gasteiger partial charge in [-0.25, -0.2) is 0 Å². The molecular weight excluding hydrogens is 322 g/mol. The molecule has 2 N–H and O–H groups in total. The first-order valence-corrected chi connectivity index (χ1v) is 8.89. The van der Waals surface area contributed by atoms with Gasteiger partial charge in [-0.1, -0.05) is 6.42 Å². The maximum Gasteiger partial charge on any atom is 0.243 e. The van der Waals surface area contributed by atoms with Gasteiger partial charge in [0.25, 0.3) is 0 Å². The molecule has 0 bridgehead atoms. The van der Waals surface area contributed by atoms with Crippen molar-refractivity contribution in [3.05, 3.63) is 18.2 Å². The van der Waals surface area contributed by atoms with Crippen LogP contribution in [-0.2, 0) is 9.59 Å². The van der Waals surface area contributed by atoms with E-state index in [1.807, 2.05) is 6.92 Å². The molecule has 1 aromatic carbocycles. The first-order chi connectivity index (χ1) is 12.2. The number of rotatable bonds is 5. The lowest BCUT2D eigenvalue weighted by Crippen LogP contribution is -2.50. The Hall–Kier alpha value is -2.28. The second-order valence-corrected chi connectivity index (χ2v) is 6.26. The van der Waals surface area contributed by atoms with E-state index in [4.69, 9.17) is 9.47 Å². The number of fused-ring (bicyclic) bond motifs is 1. The standard InChI is InChI=1S/C18H25N3O4/c1-2-21(18(23)14-5-3-4-8-19-14)12-17(22)20-13-6-7-15-16(11-13)25-10-9-24-15/h6-7,11,14,19H,2-5,8-10,12H2,1H3,(H,20,22). The molecule has 25 heavy (non-hydrogen) atoms. The zero-order chi connectivity index (χ0) is 17.6. The summed E-state index contributed by atoms with van der Waals surface area (Å²) in [5, 5.41) is 6.06. The highest BCUT2D eigenvalue weighted by Crippen LogP contribution is 2.32. The third kappa shape index (κ3) is 4.42. The van der Waals surface area contributed by atoms with Gasteiger partial charge < -0.3 is 25.0 Å². The van der Waals surface area contributed by atoms with Gasteiger partial charge in [0.05, 0.1) is 12.6 Å². The highest BCUT2D eigenvalue weighted by Gasteiger charge is 2.26. The van der Waals surface area contributed by atoms with Gasteiger partial charge in [-0.2, -0.15) is 0 Å². The van der Waals surface area contributed by atoms with Crippen LogP contribution < -0.4 is 20.1 Å². The van der Waals surface area contributed by atoms with Crippen LogP contribution in [-0.4, -0.2) is 55.6 Å². The summed E-state index contributed by atoms with van der Waals surface area (Å²) in [4.78, 5) is 26.5. The van der Waals surface area contributed by atoms with Crippen molar-refractivity contribution in [2.24, 2.45) is 0 Å². The normalized spacial score (nSPS) is 19.2. The summed E-state index contributed by atoms with van der Waals surface area (Å²) < 4.78 is 11.0. The van der Waals surface area contributed by atoms with E-state index in [9.17, 15) is 9.59 Å². The number of nitrogens with one attached hydrogen (secondary N) is 2. The van der Waals surface area contributed by atoms with Crippen LogP contribution in [0.5, 0.6) is 11.5 Å². The summed E-state index contributed by atoms with van der Waals surface area (Å²) >= 11 is 0. The molecule has 0 spiro atoms. The molecule has 2 amide bonds. The van der Waals surface area contributed by atoms with Crippen molar-refractivity contribution >= 4 is 17.5 Å². The summed E-state index contributed by atoms with van der Waals surface area (Å²) in [5.74, 6) is 1.08. The lowest BCUT2D eigenvalue weighted by atomic mass is 10.0. The van der Waals surface area contributed by atoms with E-state index in [-0.39, 0.29) is 24.4 Å². The summed E-state index contributed by atoms with van der Waals surface area (Å²) in [6.45, 7) is 4.32. The average molecular weight is 347 g/mol. The van der Waals surface area contributed by atoms with Crippen molar-refractivity contribution in [1.29, 1.82) is 0 Å². The maximum absolute atomic E-state index is 12.6. The number of piperidine rings is 1. The van der Waals surface area contributed by atoms with E-state index >= 15 is 0 Å². The molecule has 1 saturated heterocycles. The van der Waals surface area contributed by atoms with Crippen LogP contribution in [0, 0.1) is 0 Å². The fourth-order valence-corrected chi connectivity index (χ4v) is 3.12. The summed E-state index contributed by atoms with van der Waals surface area (Å²) in [5.41, 5.74) is 0.633. The summed E-state index contributed by atoms with van der Waals surface area (Å²) in [6, 6.07) is 5.12. The number of hydrogen-bond acceptors (Lipinski definition) is 5. The van der Waals surface area contributed by atoms with Crippen molar-refractivity contribution in [2.45, 2.75) is 32.2 Å². The van der Waals surface area contributed by atoms with E-state index in [2.05, 4.69) is 10.6 Å². The van der Waals surface area contributed by atoms with Gasteiger partial charge in [0.15, 0.2) is 11.5 Å². The monoisotopic (exact) mass is 347 g/mol. The van der Waals surface area contributed by atoms with Crippen molar-refractivity contribution in [1.82, 2.24) is 10.2 Å². The largest absolute Gasteiger partial charge is 0.486 e. The molecule has 7 nitrogen and oxygen atoms in total. The Morgan fingerprint density at radius 2 is 2.04 bits per heavy atom. The molecule has 2 aliphatic heterocycles. The molecular formula is C18H25N3O4. The smallest absolute Gasteiger partial charge is 0.243 e. The fraction of sp³-hybridized carbons (Fsp3) is 0.556. The Kier molecular flexibility index (Phi) is 5.75. The molecule has 0 aromatic heterocycles. The van der Waals surface area contributed by atoms with Crippen molar-refractivity contribution < 1.29 is 19.1 Å². The first kappa shape index (κ1) is 17.5. The number of nitrogens with zero attached hydrogens (tertiary/aromatic N) is 1. The maximum atomic E-state index is 12.6. The number of likely N-dealkylation sites (N-methyl/N-ethyl adjacent to an activating group) is 1.